The Labute approximate surface area is 227 Å². The first-order valence-corrected chi connectivity index (χ1v) is 14.9. The maximum atomic E-state index is 13.4. The Morgan fingerprint density at radius 3 is 2.47 bits per heavy atom. The molecular weight excluding hydrogens is 498 g/mol. The molecule has 0 aliphatic carbocycles. The molecule has 1 atom stereocenters. The number of carbonyl (C=O) groups excluding carboxylic acids is 1. The summed E-state index contributed by atoms with van der Waals surface area (Å²) in [5.41, 5.74) is 2.79. The van der Waals surface area contributed by atoms with Gasteiger partial charge in [0.1, 0.15) is 5.82 Å². The van der Waals surface area contributed by atoms with Crippen LogP contribution in [0.1, 0.15) is 65.6 Å². The lowest BCUT2D eigenvalue weighted by Gasteiger charge is -2.32. The molecule has 1 saturated heterocycles. The van der Waals surface area contributed by atoms with Crippen molar-refractivity contribution in [1.29, 1.82) is 0 Å². The van der Waals surface area contributed by atoms with Crippen LogP contribution in [-0.2, 0) is 26.8 Å². The van der Waals surface area contributed by atoms with Crippen LogP contribution in [0.3, 0.4) is 0 Å². The molecule has 2 heterocycles. The van der Waals surface area contributed by atoms with Gasteiger partial charge >= 0.3 is 0 Å². The van der Waals surface area contributed by atoms with Crippen molar-refractivity contribution in [2.24, 2.45) is 0 Å². The number of nitrogens with one attached hydrogen (secondary N) is 1. The average molecular weight is 540 g/mol. The molecular formula is C29H41N5O3S. The fourth-order valence-electron chi connectivity index (χ4n) is 5.32. The lowest BCUT2D eigenvalue weighted by molar-refractivity contribution is -0.114. The van der Waals surface area contributed by atoms with Gasteiger partial charge in [0.05, 0.1) is 21.6 Å². The van der Waals surface area contributed by atoms with E-state index in [1.54, 1.807) is 19.2 Å². The second-order valence-electron chi connectivity index (χ2n) is 11.5. The molecule has 4 rings (SSSR count). The number of aromatic nitrogens is 2. The molecule has 0 spiro atoms. The Morgan fingerprint density at radius 2 is 1.84 bits per heavy atom. The number of likely N-dealkylation sites (tertiary alicyclic amines) is 1. The molecule has 1 aliphatic rings. The molecule has 0 radical (unpaired) electrons. The van der Waals surface area contributed by atoms with Gasteiger partial charge in [0.25, 0.3) is 10.0 Å². The minimum atomic E-state index is -3.79. The van der Waals surface area contributed by atoms with Crippen LogP contribution >= 0.6 is 0 Å². The molecule has 0 saturated carbocycles. The number of hydrogen-bond donors (Lipinski definition) is 1. The van der Waals surface area contributed by atoms with E-state index in [4.69, 9.17) is 4.98 Å². The number of aryl methyl sites for hydroxylation is 1. The van der Waals surface area contributed by atoms with E-state index in [0.29, 0.717) is 17.4 Å². The first kappa shape index (κ1) is 28.1. The molecule has 1 fully saturated rings. The summed E-state index contributed by atoms with van der Waals surface area (Å²) >= 11 is 0. The summed E-state index contributed by atoms with van der Waals surface area (Å²) in [5.74, 6) is 0.808. The Balaban J connectivity index is 1.59. The number of carbonyl (C=O) groups is 1. The number of imidazole rings is 1. The third-order valence-corrected chi connectivity index (χ3v) is 9.24. The van der Waals surface area contributed by atoms with Crippen molar-refractivity contribution in [2.75, 3.05) is 30.3 Å². The SMILES string of the molecule is CC(=O)Nc1ccc(S(=O)(=O)N(C)c2ccc3c(c2)nc(C(C)(C)C)n3CCCC2CCCCN2C)cc1. The van der Waals surface area contributed by atoms with Crippen LogP contribution in [0, 0.1) is 0 Å². The highest BCUT2D eigenvalue weighted by Gasteiger charge is 2.26. The first-order chi connectivity index (χ1) is 17.9. The summed E-state index contributed by atoms with van der Waals surface area (Å²) in [5, 5.41) is 2.66. The zero-order valence-corrected chi connectivity index (χ0v) is 24.3. The van der Waals surface area contributed by atoms with Crippen LogP contribution in [0.25, 0.3) is 11.0 Å². The van der Waals surface area contributed by atoms with Gasteiger partial charge in [0.15, 0.2) is 0 Å². The van der Waals surface area contributed by atoms with E-state index < -0.39 is 10.0 Å². The monoisotopic (exact) mass is 539 g/mol. The molecule has 206 valence electrons. The van der Waals surface area contributed by atoms with Crippen molar-refractivity contribution >= 4 is 38.3 Å². The summed E-state index contributed by atoms with van der Waals surface area (Å²) < 4.78 is 30.3. The number of nitrogens with zero attached hydrogens (tertiary/aromatic N) is 4. The normalized spacial score (nSPS) is 17.1. The topological polar surface area (TPSA) is 87.5 Å². The number of amides is 1. The van der Waals surface area contributed by atoms with E-state index in [0.717, 1.165) is 29.8 Å². The summed E-state index contributed by atoms with van der Waals surface area (Å²) in [6.07, 6.45) is 6.12. The van der Waals surface area contributed by atoms with Crippen molar-refractivity contribution in [2.45, 2.75) is 82.7 Å². The Hall–Kier alpha value is -2.91. The van der Waals surface area contributed by atoms with Crippen molar-refractivity contribution in [3.05, 3.63) is 48.3 Å². The maximum Gasteiger partial charge on any atom is 0.264 e. The van der Waals surface area contributed by atoms with Gasteiger partial charge in [-0.1, -0.05) is 27.2 Å². The van der Waals surface area contributed by atoms with Gasteiger partial charge in [-0.05, 0) is 81.7 Å². The molecule has 0 bridgehead atoms. The van der Waals surface area contributed by atoms with Crippen LogP contribution in [0.5, 0.6) is 0 Å². The van der Waals surface area contributed by atoms with Crippen LogP contribution in [0.4, 0.5) is 11.4 Å². The molecule has 1 N–H and O–H groups in total. The summed E-state index contributed by atoms with van der Waals surface area (Å²) in [6.45, 7) is 9.99. The highest BCUT2D eigenvalue weighted by atomic mass is 32.2. The van der Waals surface area contributed by atoms with Crippen LogP contribution in [0.2, 0.25) is 0 Å². The van der Waals surface area contributed by atoms with Gasteiger partial charge in [-0.15, -0.1) is 0 Å². The lowest BCUT2D eigenvalue weighted by Crippen LogP contribution is -2.36. The van der Waals surface area contributed by atoms with Crippen LogP contribution < -0.4 is 9.62 Å². The predicted octanol–water partition coefficient (Wildman–Crippen LogP) is 5.38. The average Bonchev–Trinajstić information content (AvgIpc) is 3.23. The van der Waals surface area contributed by atoms with Crippen molar-refractivity contribution in [3.8, 4) is 0 Å². The van der Waals surface area contributed by atoms with E-state index in [9.17, 15) is 13.2 Å². The Morgan fingerprint density at radius 1 is 1.13 bits per heavy atom. The molecule has 1 aromatic heterocycles. The lowest BCUT2D eigenvalue weighted by atomic mass is 9.95. The molecule has 8 nitrogen and oxygen atoms in total. The van der Waals surface area contributed by atoms with Gasteiger partial charge in [0, 0.05) is 37.7 Å². The largest absolute Gasteiger partial charge is 0.328 e. The highest BCUT2D eigenvalue weighted by Crippen LogP contribution is 2.31. The van der Waals surface area contributed by atoms with E-state index >= 15 is 0 Å². The van der Waals surface area contributed by atoms with Gasteiger partial charge in [-0.2, -0.15) is 0 Å². The van der Waals surface area contributed by atoms with Crippen molar-refractivity contribution < 1.29 is 13.2 Å². The van der Waals surface area contributed by atoms with Crippen molar-refractivity contribution in [1.82, 2.24) is 14.5 Å². The number of sulfonamides is 1. The number of rotatable bonds is 8. The molecule has 1 aliphatic heterocycles. The van der Waals surface area contributed by atoms with Gasteiger partial charge in [-0.25, -0.2) is 13.4 Å². The molecule has 3 aromatic rings. The zero-order chi connectivity index (χ0) is 27.7. The van der Waals surface area contributed by atoms with E-state index in [1.165, 1.54) is 55.6 Å². The minimum Gasteiger partial charge on any atom is -0.328 e. The maximum absolute atomic E-state index is 13.4. The Bertz CT molecular complexity index is 1390. The van der Waals surface area contributed by atoms with Crippen LogP contribution in [0.15, 0.2) is 47.4 Å². The second kappa shape index (κ2) is 11.1. The van der Waals surface area contributed by atoms with Crippen molar-refractivity contribution in [3.63, 3.8) is 0 Å². The van der Waals surface area contributed by atoms with Gasteiger partial charge in [-0.3, -0.25) is 9.10 Å². The fraction of sp³-hybridized carbons (Fsp3) is 0.517. The fourth-order valence-corrected chi connectivity index (χ4v) is 6.50. The second-order valence-corrected chi connectivity index (χ2v) is 13.4. The predicted molar refractivity (Wildman–Crippen MR) is 154 cm³/mol. The number of hydrogen-bond acceptors (Lipinski definition) is 5. The molecule has 1 amide bonds. The van der Waals surface area contributed by atoms with E-state index in [-0.39, 0.29) is 16.2 Å². The van der Waals surface area contributed by atoms with E-state index in [1.807, 2.05) is 18.2 Å². The molecule has 38 heavy (non-hydrogen) atoms. The number of piperidine rings is 1. The molecule has 2 aromatic carbocycles. The smallest absolute Gasteiger partial charge is 0.264 e. The zero-order valence-electron chi connectivity index (χ0n) is 23.5. The molecule has 1 unspecified atom stereocenters. The number of fused-ring (bicyclic) bond motifs is 1. The summed E-state index contributed by atoms with van der Waals surface area (Å²) in [6, 6.07) is 12.5. The first-order valence-electron chi connectivity index (χ1n) is 13.5. The van der Waals surface area contributed by atoms with Gasteiger partial charge < -0.3 is 14.8 Å². The minimum absolute atomic E-state index is 0.144. The van der Waals surface area contributed by atoms with E-state index in [2.05, 4.69) is 42.6 Å². The van der Waals surface area contributed by atoms with Crippen LogP contribution in [-0.4, -0.2) is 55.5 Å². The number of benzene rings is 2. The number of anilines is 2. The third kappa shape index (κ3) is 6.04. The quantitative estimate of drug-likeness (QED) is 0.415. The standard InChI is InChI=1S/C29H41N5O3S/c1-21(35)30-22-12-15-25(16-13-22)38(36,37)33(6)24-14-17-27-26(20-24)31-28(29(2,3)4)34(27)19-9-11-23-10-7-8-18-32(23)5/h12-17,20,23H,7-11,18-19H2,1-6H3,(H,30,35). The summed E-state index contributed by atoms with van der Waals surface area (Å²) in [7, 11) is 0.00459. The molecule has 9 heteroatoms. The van der Waals surface area contributed by atoms with Gasteiger partial charge in [0.2, 0.25) is 5.91 Å². The Kier molecular flexibility index (Phi) is 8.18. The summed E-state index contributed by atoms with van der Waals surface area (Å²) in [4.78, 5) is 18.9. The third-order valence-electron chi connectivity index (χ3n) is 7.44. The highest BCUT2D eigenvalue weighted by molar-refractivity contribution is 7.92.